The first-order chi connectivity index (χ1) is 12.3. The Balaban J connectivity index is 1.95. The highest BCUT2D eigenvalue weighted by atomic mass is 19.4. The summed E-state index contributed by atoms with van der Waals surface area (Å²) in [6.45, 7) is 0. The summed E-state index contributed by atoms with van der Waals surface area (Å²) in [5.41, 5.74) is -1.12. The standard InChI is InChI=1S/C16H14F4N4O2/c1-26-13-4-8(7-25)11(17)5-12(13)23-15-21-6-10(16(18,19)20)14(24-15)22-9-2-3-9/h4-7,9H,2-3H2,1H3,(H2,21,22,23,24). The van der Waals surface area contributed by atoms with Gasteiger partial charge in [0, 0.05) is 18.3 Å². The lowest BCUT2D eigenvalue weighted by atomic mass is 10.2. The van der Waals surface area contributed by atoms with Crippen LogP contribution < -0.4 is 15.4 Å². The smallest absolute Gasteiger partial charge is 0.421 e. The van der Waals surface area contributed by atoms with Gasteiger partial charge in [0.15, 0.2) is 6.29 Å². The molecule has 0 radical (unpaired) electrons. The molecule has 1 heterocycles. The second-order valence-corrected chi connectivity index (χ2v) is 5.69. The number of carbonyl (C=O) groups excluding carboxylic acids is 1. The van der Waals surface area contributed by atoms with Gasteiger partial charge in [0.1, 0.15) is 22.9 Å². The summed E-state index contributed by atoms with van der Waals surface area (Å²) < 4.78 is 58.1. The Labute approximate surface area is 145 Å². The minimum Gasteiger partial charge on any atom is -0.495 e. The van der Waals surface area contributed by atoms with Crippen LogP contribution >= 0.6 is 0 Å². The monoisotopic (exact) mass is 370 g/mol. The topological polar surface area (TPSA) is 76.1 Å². The van der Waals surface area contributed by atoms with Gasteiger partial charge in [0.05, 0.1) is 18.4 Å². The molecular weight excluding hydrogens is 356 g/mol. The van der Waals surface area contributed by atoms with Gasteiger partial charge in [-0.05, 0) is 18.9 Å². The molecule has 1 saturated carbocycles. The van der Waals surface area contributed by atoms with Crippen molar-refractivity contribution in [2.45, 2.75) is 25.1 Å². The van der Waals surface area contributed by atoms with Crippen LogP contribution in [0.15, 0.2) is 18.3 Å². The van der Waals surface area contributed by atoms with Crippen LogP contribution in [0.4, 0.5) is 35.0 Å². The van der Waals surface area contributed by atoms with Crippen LogP contribution in [0.25, 0.3) is 0 Å². The van der Waals surface area contributed by atoms with Crippen molar-refractivity contribution in [3.63, 3.8) is 0 Å². The van der Waals surface area contributed by atoms with Crippen molar-refractivity contribution >= 4 is 23.7 Å². The van der Waals surface area contributed by atoms with Gasteiger partial charge in [0.2, 0.25) is 5.95 Å². The number of anilines is 3. The summed E-state index contributed by atoms with van der Waals surface area (Å²) in [5, 5.41) is 5.33. The maximum atomic E-state index is 13.8. The molecule has 0 spiro atoms. The van der Waals surface area contributed by atoms with Crippen molar-refractivity contribution in [1.82, 2.24) is 9.97 Å². The normalized spacial score (nSPS) is 14.0. The molecule has 3 rings (SSSR count). The number of benzene rings is 1. The molecule has 0 saturated heterocycles. The average molecular weight is 370 g/mol. The number of rotatable bonds is 6. The Morgan fingerprint density at radius 3 is 2.62 bits per heavy atom. The van der Waals surface area contributed by atoms with E-state index in [0.717, 1.165) is 25.0 Å². The van der Waals surface area contributed by atoms with E-state index in [1.807, 2.05) is 0 Å². The number of nitrogens with zero attached hydrogens (tertiary/aromatic N) is 2. The SMILES string of the molecule is COc1cc(C=O)c(F)cc1Nc1ncc(C(F)(F)F)c(NC2CC2)n1. The lowest BCUT2D eigenvalue weighted by Crippen LogP contribution is -2.15. The number of hydrogen-bond acceptors (Lipinski definition) is 6. The van der Waals surface area contributed by atoms with Crippen molar-refractivity contribution in [3.8, 4) is 5.75 Å². The number of aromatic nitrogens is 2. The fourth-order valence-electron chi connectivity index (χ4n) is 2.23. The molecule has 0 bridgehead atoms. The van der Waals surface area contributed by atoms with E-state index < -0.39 is 17.6 Å². The van der Waals surface area contributed by atoms with Crippen LogP contribution in [0.1, 0.15) is 28.8 Å². The Morgan fingerprint density at radius 1 is 1.31 bits per heavy atom. The summed E-state index contributed by atoms with van der Waals surface area (Å²) >= 11 is 0. The number of nitrogens with one attached hydrogen (secondary N) is 2. The number of halogens is 4. The first-order valence-electron chi connectivity index (χ1n) is 7.62. The summed E-state index contributed by atoms with van der Waals surface area (Å²) in [7, 11) is 1.31. The summed E-state index contributed by atoms with van der Waals surface area (Å²) in [6.07, 6.45) is -2.10. The van der Waals surface area contributed by atoms with Gasteiger partial charge in [-0.1, -0.05) is 0 Å². The number of hydrogen-bond donors (Lipinski definition) is 2. The number of aldehydes is 1. The molecule has 0 atom stereocenters. The third-order valence-electron chi connectivity index (χ3n) is 3.70. The third-order valence-corrected chi connectivity index (χ3v) is 3.70. The van der Waals surface area contributed by atoms with Gasteiger partial charge in [-0.25, -0.2) is 9.37 Å². The lowest BCUT2D eigenvalue weighted by Gasteiger charge is -2.15. The zero-order valence-electron chi connectivity index (χ0n) is 13.5. The van der Waals surface area contributed by atoms with Gasteiger partial charge in [-0.2, -0.15) is 18.2 Å². The predicted molar refractivity (Wildman–Crippen MR) is 85.3 cm³/mol. The largest absolute Gasteiger partial charge is 0.495 e. The van der Waals surface area contributed by atoms with E-state index in [-0.39, 0.29) is 34.8 Å². The van der Waals surface area contributed by atoms with Gasteiger partial charge < -0.3 is 15.4 Å². The van der Waals surface area contributed by atoms with Gasteiger partial charge in [-0.15, -0.1) is 0 Å². The molecule has 138 valence electrons. The fraction of sp³-hybridized carbons (Fsp3) is 0.312. The zero-order valence-corrected chi connectivity index (χ0v) is 13.5. The Bertz CT molecular complexity index is 838. The Kier molecular flexibility index (Phi) is 4.66. The van der Waals surface area contributed by atoms with E-state index in [0.29, 0.717) is 12.5 Å². The third kappa shape index (κ3) is 3.84. The Hall–Kier alpha value is -2.91. The quantitative estimate of drug-likeness (QED) is 0.596. The van der Waals surface area contributed by atoms with Crippen molar-refractivity contribution in [2.24, 2.45) is 0 Å². The molecular formula is C16H14F4N4O2. The molecule has 10 heteroatoms. The summed E-state index contributed by atoms with van der Waals surface area (Å²) in [4.78, 5) is 18.3. The summed E-state index contributed by atoms with van der Waals surface area (Å²) in [5.74, 6) is -1.21. The second-order valence-electron chi connectivity index (χ2n) is 5.69. The maximum Gasteiger partial charge on any atom is 0.421 e. The van der Waals surface area contributed by atoms with Crippen LogP contribution in [0.5, 0.6) is 5.75 Å². The highest BCUT2D eigenvalue weighted by molar-refractivity contribution is 5.79. The molecule has 1 aliphatic rings. The van der Waals surface area contributed by atoms with Crippen molar-refractivity contribution in [3.05, 3.63) is 35.3 Å². The van der Waals surface area contributed by atoms with Crippen molar-refractivity contribution < 1.29 is 27.1 Å². The molecule has 26 heavy (non-hydrogen) atoms. The molecule has 2 N–H and O–H groups in total. The highest BCUT2D eigenvalue weighted by Crippen LogP contribution is 2.37. The number of ether oxygens (including phenoxy) is 1. The van der Waals surface area contributed by atoms with E-state index >= 15 is 0 Å². The molecule has 1 aromatic heterocycles. The van der Waals surface area contributed by atoms with Crippen molar-refractivity contribution in [2.75, 3.05) is 17.7 Å². The predicted octanol–water partition coefficient (Wildman–Crippen LogP) is 3.77. The molecule has 2 aromatic rings. The van der Waals surface area contributed by atoms with E-state index in [4.69, 9.17) is 4.74 Å². The maximum absolute atomic E-state index is 13.8. The van der Waals surface area contributed by atoms with E-state index in [9.17, 15) is 22.4 Å². The van der Waals surface area contributed by atoms with Crippen LogP contribution in [0.2, 0.25) is 0 Å². The van der Waals surface area contributed by atoms with E-state index in [2.05, 4.69) is 20.6 Å². The first kappa shape index (κ1) is 17.9. The minimum atomic E-state index is -4.61. The number of carbonyl (C=O) groups is 1. The van der Waals surface area contributed by atoms with E-state index in [1.165, 1.54) is 7.11 Å². The summed E-state index contributed by atoms with van der Waals surface area (Å²) in [6, 6.07) is 2.09. The van der Waals surface area contributed by atoms with Crippen LogP contribution in [-0.4, -0.2) is 29.4 Å². The van der Waals surface area contributed by atoms with Crippen LogP contribution in [0, 0.1) is 5.82 Å². The van der Waals surface area contributed by atoms with Gasteiger partial charge in [0.25, 0.3) is 0 Å². The van der Waals surface area contributed by atoms with Crippen LogP contribution in [-0.2, 0) is 6.18 Å². The second kappa shape index (κ2) is 6.77. The zero-order chi connectivity index (χ0) is 18.9. The first-order valence-corrected chi connectivity index (χ1v) is 7.62. The highest BCUT2D eigenvalue weighted by Gasteiger charge is 2.37. The number of alkyl halides is 3. The van der Waals surface area contributed by atoms with Gasteiger partial charge in [-0.3, -0.25) is 4.79 Å². The minimum absolute atomic E-state index is 0.0577. The number of methoxy groups -OCH3 is 1. The average Bonchev–Trinajstić information content (AvgIpc) is 3.38. The molecule has 1 aliphatic carbocycles. The van der Waals surface area contributed by atoms with Crippen LogP contribution in [0.3, 0.4) is 0 Å². The molecule has 1 aromatic carbocycles. The molecule has 0 unspecified atom stereocenters. The van der Waals surface area contributed by atoms with E-state index in [1.54, 1.807) is 0 Å². The van der Waals surface area contributed by atoms with Crippen molar-refractivity contribution in [1.29, 1.82) is 0 Å². The fourth-order valence-corrected chi connectivity index (χ4v) is 2.23. The molecule has 1 fully saturated rings. The molecule has 0 aliphatic heterocycles. The molecule has 6 nitrogen and oxygen atoms in total. The van der Waals surface area contributed by atoms with Gasteiger partial charge >= 0.3 is 6.18 Å². The lowest BCUT2D eigenvalue weighted by molar-refractivity contribution is -0.137. The Morgan fingerprint density at radius 2 is 2.04 bits per heavy atom. The molecule has 0 amide bonds.